The first kappa shape index (κ1) is 17.7. The predicted octanol–water partition coefficient (Wildman–Crippen LogP) is 2.30. The summed E-state index contributed by atoms with van der Waals surface area (Å²) in [7, 11) is -3.02. The maximum absolute atomic E-state index is 13.0. The van der Waals surface area contributed by atoms with E-state index in [1.54, 1.807) is 27.9 Å². The van der Waals surface area contributed by atoms with Gasteiger partial charge < -0.3 is 4.90 Å². The van der Waals surface area contributed by atoms with E-state index in [9.17, 15) is 13.2 Å². The third-order valence-electron chi connectivity index (χ3n) is 4.55. The number of hydrogen-bond donors (Lipinski definition) is 0. The molecule has 1 aliphatic heterocycles. The second kappa shape index (κ2) is 7.39. The van der Waals surface area contributed by atoms with Crippen LogP contribution in [-0.4, -0.2) is 53.1 Å². The summed E-state index contributed by atoms with van der Waals surface area (Å²) in [6.45, 7) is 2.66. The fraction of sp³-hybridized carbons (Fsp3) is 0.444. The van der Waals surface area contributed by atoms with Crippen LogP contribution in [0.5, 0.6) is 0 Å². The molecule has 1 amide bonds. The summed E-state index contributed by atoms with van der Waals surface area (Å²) in [4.78, 5) is 14.7. The summed E-state index contributed by atoms with van der Waals surface area (Å²) in [6, 6.07) is 8.89. The monoisotopic (exact) mass is 361 g/mol. The molecule has 134 valence electrons. The van der Waals surface area contributed by atoms with E-state index in [1.807, 2.05) is 24.4 Å². The van der Waals surface area contributed by atoms with Crippen molar-refractivity contribution in [1.82, 2.24) is 14.7 Å². The predicted molar refractivity (Wildman–Crippen MR) is 96.6 cm³/mol. The number of carbonyl (C=O) groups is 1. The Morgan fingerprint density at radius 2 is 2.08 bits per heavy atom. The van der Waals surface area contributed by atoms with Crippen molar-refractivity contribution in [1.29, 1.82) is 0 Å². The summed E-state index contributed by atoms with van der Waals surface area (Å²) < 4.78 is 25.3. The minimum atomic E-state index is -3.02. The van der Waals surface area contributed by atoms with Crippen molar-refractivity contribution in [3.63, 3.8) is 0 Å². The molecular formula is C18H23N3O3S. The van der Waals surface area contributed by atoms with Gasteiger partial charge in [-0.15, -0.1) is 0 Å². The van der Waals surface area contributed by atoms with Gasteiger partial charge in [-0.25, -0.2) is 13.1 Å². The second-order valence-corrected chi connectivity index (χ2v) is 8.64. The van der Waals surface area contributed by atoms with Crippen molar-refractivity contribution in [3.05, 3.63) is 48.3 Å². The van der Waals surface area contributed by atoms with Gasteiger partial charge in [0.1, 0.15) is 0 Å². The number of hydrogen-bond acceptors (Lipinski definition) is 4. The Kier molecular flexibility index (Phi) is 5.22. The molecule has 1 aromatic heterocycles. The molecule has 0 saturated carbocycles. The Bertz CT molecular complexity index is 814. The first-order chi connectivity index (χ1) is 12.0. The van der Waals surface area contributed by atoms with Crippen LogP contribution in [0.2, 0.25) is 0 Å². The van der Waals surface area contributed by atoms with Crippen molar-refractivity contribution < 1.29 is 13.2 Å². The highest BCUT2D eigenvalue weighted by molar-refractivity contribution is 7.91. The minimum Gasteiger partial charge on any atom is -0.335 e. The highest BCUT2D eigenvalue weighted by Crippen LogP contribution is 2.21. The normalized spacial score (nSPS) is 19.0. The first-order valence-electron chi connectivity index (χ1n) is 8.61. The molecule has 0 spiro atoms. The lowest BCUT2D eigenvalue weighted by Gasteiger charge is -2.28. The van der Waals surface area contributed by atoms with Gasteiger partial charge >= 0.3 is 0 Å². The number of rotatable bonds is 6. The zero-order chi connectivity index (χ0) is 17.9. The van der Waals surface area contributed by atoms with Crippen molar-refractivity contribution in [2.24, 2.45) is 0 Å². The van der Waals surface area contributed by atoms with Crippen molar-refractivity contribution >= 4 is 15.7 Å². The number of benzene rings is 1. The van der Waals surface area contributed by atoms with Crippen LogP contribution in [0.25, 0.3) is 5.69 Å². The molecule has 0 N–H and O–H groups in total. The van der Waals surface area contributed by atoms with Crippen LogP contribution in [0.15, 0.2) is 42.7 Å². The Hall–Kier alpha value is -2.15. The average Bonchev–Trinajstić information content (AvgIpc) is 3.25. The minimum absolute atomic E-state index is 0.0772. The molecule has 7 heteroatoms. The molecule has 0 radical (unpaired) electrons. The van der Waals surface area contributed by atoms with Crippen LogP contribution in [0, 0.1) is 0 Å². The van der Waals surface area contributed by atoms with Crippen LogP contribution < -0.4 is 0 Å². The van der Waals surface area contributed by atoms with Gasteiger partial charge in [-0.3, -0.25) is 4.79 Å². The summed E-state index contributed by atoms with van der Waals surface area (Å²) in [5.41, 5.74) is 1.46. The standard InChI is InChI=1S/C18H23N3O3S/c1-2-3-11-20(17-9-13-25(23,24)14-17)18(22)15-5-7-16(8-6-15)21-12-4-10-19-21/h4-8,10,12,17H,2-3,9,11,13-14H2,1H3. The topological polar surface area (TPSA) is 72.3 Å². The number of unbranched alkanes of at least 4 members (excludes halogenated alkanes) is 1. The molecule has 3 rings (SSSR count). The molecule has 25 heavy (non-hydrogen) atoms. The summed E-state index contributed by atoms with van der Waals surface area (Å²) in [6.07, 6.45) is 5.90. The third kappa shape index (κ3) is 4.10. The van der Waals surface area contributed by atoms with Gasteiger partial charge in [0.25, 0.3) is 5.91 Å². The number of aromatic nitrogens is 2. The Morgan fingerprint density at radius 3 is 2.64 bits per heavy atom. The van der Waals surface area contributed by atoms with Gasteiger partial charge in [0.2, 0.25) is 0 Å². The maximum atomic E-state index is 13.0. The SMILES string of the molecule is CCCCN(C(=O)c1ccc(-n2cccn2)cc1)C1CCS(=O)(=O)C1. The quantitative estimate of drug-likeness (QED) is 0.791. The largest absolute Gasteiger partial charge is 0.335 e. The number of amides is 1. The molecular weight excluding hydrogens is 338 g/mol. The molecule has 1 unspecified atom stereocenters. The Morgan fingerprint density at radius 1 is 1.32 bits per heavy atom. The average molecular weight is 361 g/mol. The summed E-state index contributed by atoms with van der Waals surface area (Å²) in [5, 5.41) is 4.17. The smallest absolute Gasteiger partial charge is 0.254 e. The molecule has 1 saturated heterocycles. The number of nitrogens with zero attached hydrogens (tertiary/aromatic N) is 3. The fourth-order valence-electron chi connectivity index (χ4n) is 3.14. The van der Waals surface area contributed by atoms with Gasteiger partial charge in [-0.05, 0) is 43.2 Å². The second-order valence-electron chi connectivity index (χ2n) is 6.41. The summed E-state index contributed by atoms with van der Waals surface area (Å²) >= 11 is 0. The van der Waals surface area contributed by atoms with E-state index in [1.165, 1.54) is 0 Å². The lowest BCUT2D eigenvalue weighted by atomic mass is 10.1. The van der Waals surface area contributed by atoms with E-state index in [4.69, 9.17) is 0 Å². The summed E-state index contributed by atoms with van der Waals surface area (Å²) in [5.74, 6) is 0.155. The highest BCUT2D eigenvalue weighted by Gasteiger charge is 2.34. The number of carbonyl (C=O) groups excluding carboxylic acids is 1. The van der Waals surface area contributed by atoms with Crippen LogP contribution in [-0.2, 0) is 9.84 Å². The van der Waals surface area contributed by atoms with E-state index in [0.29, 0.717) is 18.5 Å². The van der Waals surface area contributed by atoms with Crippen molar-refractivity contribution in [3.8, 4) is 5.69 Å². The molecule has 1 atom stereocenters. The Balaban J connectivity index is 1.79. The van der Waals surface area contributed by atoms with E-state index >= 15 is 0 Å². The van der Waals surface area contributed by atoms with E-state index in [2.05, 4.69) is 12.0 Å². The molecule has 1 fully saturated rings. The molecule has 0 aliphatic carbocycles. The van der Waals surface area contributed by atoms with E-state index < -0.39 is 9.84 Å². The lowest BCUT2D eigenvalue weighted by molar-refractivity contribution is 0.0694. The third-order valence-corrected chi connectivity index (χ3v) is 6.30. The van der Waals surface area contributed by atoms with Crippen molar-refractivity contribution in [2.75, 3.05) is 18.1 Å². The maximum Gasteiger partial charge on any atom is 0.254 e. The van der Waals surface area contributed by atoms with Gasteiger partial charge in [0, 0.05) is 30.5 Å². The van der Waals surface area contributed by atoms with E-state index in [0.717, 1.165) is 18.5 Å². The first-order valence-corrected chi connectivity index (χ1v) is 10.4. The van der Waals surface area contributed by atoms with Crippen LogP contribution in [0.3, 0.4) is 0 Å². The van der Waals surface area contributed by atoms with Crippen molar-refractivity contribution in [2.45, 2.75) is 32.2 Å². The fourth-order valence-corrected chi connectivity index (χ4v) is 4.87. The zero-order valence-electron chi connectivity index (χ0n) is 14.3. The lowest BCUT2D eigenvalue weighted by Crippen LogP contribution is -2.41. The van der Waals surface area contributed by atoms with Crippen LogP contribution in [0.1, 0.15) is 36.5 Å². The van der Waals surface area contributed by atoms with Gasteiger partial charge in [0.05, 0.1) is 17.2 Å². The van der Waals surface area contributed by atoms with Gasteiger partial charge in [-0.1, -0.05) is 13.3 Å². The number of sulfone groups is 1. The molecule has 1 aliphatic rings. The zero-order valence-corrected chi connectivity index (χ0v) is 15.2. The molecule has 2 aromatic rings. The van der Waals surface area contributed by atoms with Crippen LogP contribution in [0.4, 0.5) is 0 Å². The molecule has 0 bridgehead atoms. The van der Waals surface area contributed by atoms with E-state index in [-0.39, 0.29) is 23.5 Å². The molecule has 2 heterocycles. The van der Waals surface area contributed by atoms with Gasteiger partial charge in [0.15, 0.2) is 9.84 Å². The highest BCUT2D eigenvalue weighted by atomic mass is 32.2. The van der Waals surface area contributed by atoms with Gasteiger partial charge in [-0.2, -0.15) is 5.10 Å². The molecule has 1 aromatic carbocycles. The van der Waals surface area contributed by atoms with Crippen LogP contribution >= 0.6 is 0 Å². The Labute approximate surface area is 148 Å². The molecule has 6 nitrogen and oxygen atoms in total.